The van der Waals surface area contributed by atoms with Gasteiger partial charge in [-0.15, -0.1) is 0 Å². The number of carbonyl (C=O) groups is 1. The van der Waals surface area contributed by atoms with Crippen molar-refractivity contribution in [1.29, 1.82) is 0 Å². The molecule has 0 spiro atoms. The monoisotopic (exact) mass is 360 g/mol. The number of aliphatic carboxylic acids is 1. The molecular formula is C22H32O4. The van der Waals surface area contributed by atoms with E-state index < -0.39 is 5.97 Å². The number of hydrogen-bond donors (Lipinski definition) is 1. The van der Waals surface area contributed by atoms with Crippen molar-refractivity contribution in [3.05, 3.63) is 48.0 Å². The molecule has 0 unspecified atom stereocenters. The number of benzene rings is 1. The maximum Gasteiger partial charge on any atom is 0.303 e. The van der Waals surface area contributed by atoms with Crippen molar-refractivity contribution in [3.63, 3.8) is 0 Å². The third kappa shape index (κ3) is 8.63. The van der Waals surface area contributed by atoms with E-state index >= 15 is 0 Å². The predicted molar refractivity (Wildman–Crippen MR) is 103 cm³/mol. The Morgan fingerprint density at radius 2 is 1.92 bits per heavy atom. The number of allylic oxidation sites excluding steroid dienone is 2. The molecule has 1 aromatic carbocycles. The molecule has 1 heterocycles. The first-order valence-electron chi connectivity index (χ1n) is 9.82. The highest BCUT2D eigenvalue weighted by Gasteiger charge is 2.26. The van der Waals surface area contributed by atoms with Gasteiger partial charge in [0.2, 0.25) is 0 Å². The average molecular weight is 360 g/mol. The van der Waals surface area contributed by atoms with E-state index in [2.05, 4.69) is 24.3 Å². The van der Waals surface area contributed by atoms with Crippen LogP contribution in [0.15, 0.2) is 42.5 Å². The standard InChI is InChI=1S/C22H32O4/c23-22(24)14-7-2-1-6-12-20-17-26-18-21(20)13-8-9-15-25-16-19-10-4-3-5-11-19/h1,3-6,10-11,20-21H,2,7-9,12-18H2,(H,23,24)/b6-1-/t20-,21+/m0/s1. The molecule has 4 heteroatoms. The lowest BCUT2D eigenvalue weighted by Crippen LogP contribution is -2.12. The van der Waals surface area contributed by atoms with Crippen LogP contribution in [0.25, 0.3) is 0 Å². The number of unbranched alkanes of at least 4 members (excludes halogenated alkanes) is 2. The Morgan fingerprint density at radius 3 is 2.73 bits per heavy atom. The van der Waals surface area contributed by atoms with Gasteiger partial charge in [0.1, 0.15) is 0 Å². The number of carboxylic acid groups (broad SMARTS) is 1. The molecule has 1 saturated heterocycles. The molecule has 1 fully saturated rings. The van der Waals surface area contributed by atoms with Crippen LogP contribution in [0.4, 0.5) is 0 Å². The molecule has 1 N–H and O–H groups in total. The topological polar surface area (TPSA) is 55.8 Å². The Bertz CT molecular complexity index is 526. The summed E-state index contributed by atoms with van der Waals surface area (Å²) < 4.78 is 11.4. The maximum absolute atomic E-state index is 10.5. The second-order valence-electron chi connectivity index (χ2n) is 7.08. The molecular weight excluding hydrogens is 328 g/mol. The van der Waals surface area contributed by atoms with Crippen molar-refractivity contribution in [2.24, 2.45) is 11.8 Å². The van der Waals surface area contributed by atoms with Gasteiger partial charge in [-0.1, -0.05) is 48.9 Å². The lowest BCUT2D eigenvalue weighted by atomic mass is 9.88. The molecule has 144 valence electrons. The van der Waals surface area contributed by atoms with E-state index in [9.17, 15) is 4.79 Å². The average Bonchev–Trinajstić information content (AvgIpc) is 3.09. The van der Waals surface area contributed by atoms with Crippen molar-refractivity contribution >= 4 is 5.97 Å². The van der Waals surface area contributed by atoms with Gasteiger partial charge in [-0.25, -0.2) is 0 Å². The van der Waals surface area contributed by atoms with Gasteiger partial charge >= 0.3 is 5.97 Å². The smallest absolute Gasteiger partial charge is 0.303 e. The molecule has 26 heavy (non-hydrogen) atoms. The molecule has 0 radical (unpaired) electrons. The Hall–Kier alpha value is -1.65. The van der Waals surface area contributed by atoms with Gasteiger partial charge in [0.15, 0.2) is 0 Å². The molecule has 0 aromatic heterocycles. The molecule has 0 bridgehead atoms. The Balaban J connectivity index is 1.51. The van der Waals surface area contributed by atoms with E-state index in [0.29, 0.717) is 18.4 Å². The van der Waals surface area contributed by atoms with Crippen molar-refractivity contribution in [2.45, 2.75) is 51.6 Å². The van der Waals surface area contributed by atoms with Crippen LogP contribution in [0, 0.1) is 11.8 Å². The highest BCUT2D eigenvalue weighted by molar-refractivity contribution is 5.66. The summed E-state index contributed by atoms with van der Waals surface area (Å²) in [5.74, 6) is 0.541. The third-order valence-corrected chi connectivity index (χ3v) is 4.92. The summed E-state index contributed by atoms with van der Waals surface area (Å²) in [5.41, 5.74) is 1.23. The zero-order chi connectivity index (χ0) is 18.5. The largest absolute Gasteiger partial charge is 0.481 e. The second kappa shape index (κ2) is 12.7. The maximum atomic E-state index is 10.5. The summed E-state index contributed by atoms with van der Waals surface area (Å²) in [4.78, 5) is 10.5. The summed E-state index contributed by atoms with van der Waals surface area (Å²) >= 11 is 0. The molecule has 4 nitrogen and oxygen atoms in total. The van der Waals surface area contributed by atoms with Crippen molar-refractivity contribution in [1.82, 2.24) is 0 Å². The fourth-order valence-corrected chi connectivity index (χ4v) is 3.36. The molecule has 1 aromatic rings. The first-order chi connectivity index (χ1) is 12.8. The molecule has 1 aliphatic heterocycles. The quantitative estimate of drug-likeness (QED) is 0.404. The molecule has 2 rings (SSSR count). The Morgan fingerprint density at radius 1 is 1.12 bits per heavy atom. The molecule has 2 atom stereocenters. The normalized spacial score (nSPS) is 20.0. The molecule has 0 amide bonds. The van der Waals surface area contributed by atoms with Crippen molar-refractivity contribution in [3.8, 4) is 0 Å². The van der Waals surface area contributed by atoms with E-state index in [0.717, 1.165) is 45.5 Å². The van der Waals surface area contributed by atoms with Crippen LogP contribution in [0.1, 0.15) is 50.5 Å². The molecule has 0 aliphatic carbocycles. The highest BCUT2D eigenvalue weighted by atomic mass is 16.5. The van der Waals surface area contributed by atoms with Gasteiger partial charge < -0.3 is 14.6 Å². The molecule has 0 saturated carbocycles. The van der Waals surface area contributed by atoms with Crippen LogP contribution in [0.5, 0.6) is 0 Å². The summed E-state index contributed by atoms with van der Waals surface area (Å²) in [6.07, 6.45) is 10.7. The summed E-state index contributed by atoms with van der Waals surface area (Å²) in [6, 6.07) is 10.3. The zero-order valence-electron chi connectivity index (χ0n) is 15.6. The Kier molecular flexibility index (Phi) is 10.1. The van der Waals surface area contributed by atoms with Crippen LogP contribution < -0.4 is 0 Å². The number of carboxylic acids is 1. The number of ether oxygens (including phenoxy) is 2. The van der Waals surface area contributed by atoms with Gasteiger partial charge in [0.25, 0.3) is 0 Å². The van der Waals surface area contributed by atoms with E-state index in [1.165, 1.54) is 18.4 Å². The van der Waals surface area contributed by atoms with Gasteiger partial charge in [0.05, 0.1) is 13.2 Å². The van der Waals surface area contributed by atoms with Gasteiger partial charge in [-0.3, -0.25) is 4.79 Å². The lowest BCUT2D eigenvalue weighted by molar-refractivity contribution is -0.137. The Labute approximate surface area is 157 Å². The second-order valence-corrected chi connectivity index (χ2v) is 7.08. The summed E-state index contributed by atoms with van der Waals surface area (Å²) in [5, 5.41) is 8.62. The van der Waals surface area contributed by atoms with Gasteiger partial charge in [0, 0.05) is 19.6 Å². The summed E-state index contributed by atoms with van der Waals surface area (Å²) in [6.45, 7) is 3.25. The summed E-state index contributed by atoms with van der Waals surface area (Å²) in [7, 11) is 0. The fourth-order valence-electron chi connectivity index (χ4n) is 3.36. The van der Waals surface area contributed by atoms with Gasteiger partial charge in [-0.2, -0.15) is 0 Å². The molecule has 1 aliphatic rings. The van der Waals surface area contributed by atoms with Crippen LogP contribution >= 0.6 is 0 Å². The van der Waals surface area contributed by atoms with Gasteiger partial charge in [-0.05, 0) is 49.5 Å². The number of rotatable bonds is 13. The zero-order valence-corrected chi connectivity index (χ0v) is 15.6. The minimum Gasteiger partial charge on any atom is -0.481 e. The lowest BCUT2D eigenvalue weighted by Gasteiger charge is -2.15. The third-order valence-electron chi connectivity index (χ3n) is 4.92. The fraction of sp³-hybridized carbons (Fsp3) is 0.591. The van der Waals surface area contributed by atoms with Crippen LogP contribution in [0.2, 0.25) is 0 Å². The SMILES string of the molecule is O=C(O)CCC/C=C\C[C@H]1COC[C@H]1CCCCOCc1ccccc1. The van der Waals surface area contributed by atoms with Crippen molar-refractivity contribution < 1.29 is 19.4 Å². The van der Waals surface area contributed by atoms with E-state index in [1.807, 2.05) is 18.2 Å². The first-order valence-corrected chi connectivity index (χ1v) is 9.82. The first kappa shape index (κ1) is 20.7. The predicted octanol–water partition coefficient (Wildman–Crippen LogP) is 4.84. The van der Waals surface area contributed by atoms with Crippen molar-refractivity contribution in [2.75, 3.05) is 19.8 Å². The minimum atomic E-state index is -0.713. The highest BCUT2D eigenvalue weighted by Crippen LogP contribution is 2.28. The van der Waals surface area contributed by atoms with Crippen LogP contribution in [0.3, 0.4) is 0 Å². The van der Waals surface area contributed by atoms with Crippen LogP contribution in [-0.2, 0) is 20.9 Å². The van der Waals surface area contributed by atoms with Crippen LogP contribution in [-0.4, -0.2) is 30.9 Å². The minimum absolute atomic E-state index is 0.256. The van der Waals surface area contributed by atoms with E-state index in [-0.39, 0.29) is 6.42 Å². The van der Waals surface area contributed by atoms with E-state index in [1.54, 1.807) is 0 Å². The number of hydrogen-bond acceptors (Lipinski definition) is 3. The van der Waals surface area contributed by atoms with E-state index in [4.69, 9.17) is 14.6 Å².